The van der Waals surface area contributed by atoms with Crippen LogP contribution in [-0.2, 0) is 21.3 Å². The lowest BCUT2D eigenvalue weighted by molar-refractivity contribution is -0.122. The number of carbonyl (C=O) groups is 2. The zero-order valence-electron chi connectivity index (χ0n) is 13.9. The van der Waals surface area contributed by atoms with Crippen molar-refractivity contribution in [3.63, 3.8) is 0 Å². The van der Waals surface area contributed by atoms with E-state index < -0.39 is 11.6 Å². The number of hydrazine groups is 1. The molecule has 1 aromatic carbocycles. The fourth-order valence-corrected chi connectivity index (χ4v) is 3.21. The van der Waals surface area contributed by atoms with E-state index >= 15 is 0 Å². The van der Waals surface area contributed by atoms with Crippen LogP contribution in [0.15, 0.2) is 36.0 Å². The lowest BCUT2D eigenvalue weighted by Gasteiger charge is -2.30. The van der Waals surface area contributed by atoms with E-state index in [0.29, 0.717) is 12.1 Å². The summed E-state index contributed by atoms with van der Waals surface area (Å²) in [5.41, 5.74) is 10.2. The van der Waals surface area contributed by atoms with Gasteiger partial charge in [0.05, 0.1) is 6.42 Å². The average Bonchev–Trinajstić information content (AvgIpc) is 2.84. The molecule has 0 saturated carbocycles. The summed E-state index contributed by atoms with van der Waals surface area (Å²) in [7, 11) is 1.71. The number of benzene rings is 1. The second-order valence-corrected chi connectivity index (χ2v) is 6.52. The molecule has 1 atom stereocenters. The normalized spacial score (nSPS) is 20.0. The molecule has 1 unspecified atom stereocenters. The Morgan fingerprint density at radius 3 is 2.42 bits per heavy atom. The smallest absolute Gasteiger partial charge is 0.266 e. The van der Waals surface area contributed by atoms with Gasteiger partial charge in [-0.1, -0.05) is 53.5 Å². The minimum absolute atomic E-state index is 0.113. The van der Waals surface area contributed by atoms with Crippen molar-refractivity contribution in [2.24, 2.45) is 5.73 Å². The second-order valence-electron chi connectivity index (χ2n) is 5.96. The van der Waals surface area contributed by atoms with Crippen molar-refractivity contribution < 1.29 is 9.59 Å². The molecule has 130 valence electrons. The van der Waals surface area contributed by atoms with Gasteiger partial charge < -0.3 is 16.1 Å². The minimum Gasteiger partial charge on any atom is -0.364 e. The van der Waals surface area contributed by atoms with E-state index in [1.807, 2.05) is 31.2 Å². The highest BCUT2D eigenvalue weighted by Gasteiger charge is 2.37. The van der Waals surface area contributed by atoms with E-state index in [-0.39, 0.29) is 12.3 Å². The van der Waals surface area contributed by atoms with E-state index in [1.54, 1.807) is 18.1 Å². The summed E-state index contributed by atoms with van der Waals surface area (Å²) in [5, 5.41) is 5.35. The highest BCUT2D eigenvalue weighted by Crippen LogP contribution is 2.22. The third kappa shape index (κ3) is 4.36. The summed E-state index contributed by atoms with van der Waals surface area (Å²) >= 11 is 3.40. The number of nitrogens with two attached hydrogens (primary N) is 1. The van der Waals surface area contributed by atoms with Crippen LogP contribution in [0.1, 0.15) is 30.9 Å². The third-order valence-electron chi connectivity index (χ3n) is 3.91. The molecule has 6 nitrogen and oxygen atoms in total. The minimum atomic E-state index is -0.777. The number of carbonyl (C=O) groups excluding carboxylic acids is 2. The van der Waals surface area contributed by atoms with Crippen molar-refractivity contribution in [1.82, 2.24) is 15.8 Å². The van der Waals surface area contributed by atoms with Gasteiger partial charge in [-0.25, -0.2) is 5.43 Å². The lowest BCUT2D eigenvalue weighted by Crippen LogP contribution is -2.58. The van der Waals surface area contributed by atoms with Gasteiger partial charge >= 0.3 is 0 Å². The van der Waals surface area contributed by atoms with Crippen LogP contribution < -0.4 is 16.5 Å². The van der Waals surface area contributed by atoms with Crippen LogP contribution in [-0.4, -0.2) is 29.5 Å². The molecular weight excluding hydrogens is 372 g/mol. The van der Waals surface area contributed by atoms with Crippen molar-refractivity contribution in [3.05, 3.63) is 47.2 Å². The summed E-state index contributed by atoms with van der Waals surface area (Å²) < 4.78 is 0. The molecule has 1 aromatic rings. The molecule has 2 rings (SSSR count). The molecule has 24 heavy (non-hydrogen) atoms. The number of amides is 2. The van der Waals surface area contributed by atoms with Gasteiger partial charge in [-0.05, 0) is 23.6 Å². The van der Waals surface area contributed by atoms with Crippen LogP contribution in [0.5, 0.6) is 0 Å². The van der Waals surface area contributed by atoms with E-state index in [0.717, 1.165) is 22.9 Å². The van der Waals surface area contributed by atoms with Crippen molar-refractivity contribution in [2.75, 3.05) is 7.05 Å². The monoisotopic (exact) mass is 394 g/mol. The van der Waals surface area contributed by atoms with Crippen LogP contribution in [0.25, 0.3) is 0 Å². The Morgan fingerprint density at radius 1 is 1.29 bits per heavy atom. The van der Waals surface area contributed by atoms with Gasteiger partial charge in [0.25, 0.3) is 5.91 Å². The molecule has 0 fully saturated rings. The molecule has 0 aromatic heterocycles. The average molecular weight is 395 g/mol. The Hall–Kier alpha value is -1.86. The number of hydrogen-bond acceptors (Lipinski definition) is 4. The first-order valence-electron chi connectivity index (χ1n) is 7.88. The molecule has 1 aliphatic rings. The molecule has 0 aliphatic carbocycles. The number of rotatable bonds is 7. The Balaban J connectivity index is 2.10. The summed E-state index contributed by atoms with van der Waals surface area (Å²) in [6.45, 7) is 2.02. The van der Waals surface area contributed by atoms with Gasteiger partial charge in [0.15, 0.2) is 0 Å². The first-order valence-corrected chi connectivity index (χ1v) is 9.00. The van der Waals surface area contributed by atoms with Crippen LogP contribution in [0.3, 0.4) is 0 Å². The van der Waals surface area contributed by atoms with Gasteiger partial charge in [-0.15, -0.1) is 0 Å². The van der Waals surface area contributed by atoms with Crippen molar-refractivity contribution in [1.29, 1.82) is 0 Å². The fraction of sp³-hybridized carbons (Fsp3) is 0.412. The van der Waals surface area contributed by atoms with E-state index in [1.165, 1.54) is 0 Å². The Bertz CT molecular complexity index is 644. The van der Waals surface area contributed by atoms with E-state index in [9.17, 15) is 9.59 Å². The van der Waals surface area contributed by atoms with E-state index in [2.05, 4.69) is 26.7 Å². The fourth-order valence-electron chi connectivity index (χ4n) is 2.83. The molecule has 2 amide bonds. The van der Waals surface area contributed by atoms with Crippen molar-refractivity contribution >= 4 is 27.7 Å². The number of primary amides is 1. The number of nitrogens with one attached hydrogen (secondary N) is 2. The Kier molecular flexibility index (Phi) is 6.01. The van der Waals surface area contributed by atoms with Crippen LogP contribution in [0.4, 0.5) is 0 Å². The van der Waals surface area contributed by atoms with Crippen molar-refractivity contribution in [2.45, 2.75) is 37.2 Å². The topological polar surface area (TPSA) is 87.5 Å². The predicted molar refractivity (Wildman–Crippen MR) is 96.7 cm³/mol. The summed E-state index contributed by atoms with van der Waals surface area (Å²) in [4.78, 5) is 24.0. The molecule has 0 radical (unpaired) electrons. The van der Waals surface area contributed by atoms with Gasteiger partial charge in [0.2, 0.25) is 5.91 Å². The number of alkyl halides is 1. The number of nitrogens with zero attached hydrogens (tertiary/aromatic N) is 1. The third-order valence-corrected chi connectivity index (χ3v) is 4.56. The van der Waals surface area contributed by atoms with Gasteiger partial charge in [0, 0.05) is 12.4 Å². The SMILES string of the molecule is CCCC1(NC(=O)Cc2ccc(CBr)cc2)C=C(C(N)=O)N(C)N1. The Labute approximate surface area is 150 Å². The molecule has 4 N–H and O–H groups in total. The van der Waals surface area contributed by atoms with Crippen LogP contribution in [0.2, 0.25) is 0 Å². The molecule has 1 aliphatic heterocycles. The molecule has 0 saturated heterocycles. The molecular formula is C17H23BrN4O2. The van der Waals surface area contributed by atoms with Gasteiger partial charge in [-0.3, -0.25) is 9.59 Å². The first kappa shape index (κ1) is 18.5. The van der Waals surface area contributed by atoms with E-state index in [4.69, 9.17) is 5.73 Å². The van der Waals surface area contributed by atoms with Crippen molar-refractivity contribution in [3.8, 4) is 0 Å². The zero-order chi connectivity index (χ0) is 17.7. The number of halogens is 1. The first-order chi connectivity index (χ1) is 11.4. The summed E-state index contributed by atoms with van der Waals surface area (Å²) in [6, 6.07) is 7.88. The Morgan fingerprint density at radius 2 is 1.92 bits per heavy atom. The van der Waals surface area contributed by atoms with Gasteiger partial charge in [0.1, 0.15) is 11.4 Å². The lowest BCUT2D eigenvalue weighted by atomic mass is 10.0. The highest BCUT2D eigenvalue weighted by atomic mass is 79.9. The quantitative estimate of drug-likeness (QED) is 0.612. The van der Waals surface area contributed by atoms with Crippen LogP contribution in [0, 0.1) is 0 Å². The maximum atomic E-state index is 12.5. The zero-order valence-corrected chi connectivity index (χ0v) is 15.5. The van der Waals surface area contributed by atoms with Crippen LogP contribution >= 0.6 is 15.9 Å². The maximum Gasteiger partial charge on any atom is 0.266 e. The summed E-state index contributed by atoms with van der Waals surface area (Å²) in [6.07, 6.45) is 3.47. The molecule has 0 bridgehead atoms. The standard InChI is InChI=1S/C17H23BrN4O2/c1-3-8-17(10-14(16(19)24)22(2)21-17)20-15(23)9-12-4-6-13(11-18)7-5-12/h4-7,10,21H,3,8-9,11H2,1-2H3,(H2,19,24)(H,20,23). The predicted octanol–water partition coefficient (Wildman–Crippen LogP) is 1.56. The molecule has 1 heterocycles. The second kappa shape index (κ2) is 7.81. The summed E-state index contributed by atoms with van der Waals surface area (Å²) in [5.74, 6) is -0.638. The van der Waals surface area contributed by atoms with Gasteiger partial charge in [-0.2, -0.15) is 0 Å². The highest BCUT2D eigenvalue weighted by molar-refractivity contribution is 9.08. The largest absolute Gasteiger partial charge is 0.364 e. The maximum absolute atomic E-state index is 12.5. The molecule has 0 spiro atoms. The number of hydrogen-bond donors (Lipinski definition) is 3. The number of likely N-dealkylation sites (N-methyl/N-ethyl adjacent to an activating group) is 1. The molecule has 7 heteroatoms.